The van der Waals surface area contributed by atoms with Crippen LogP contribution in [0.2, 0.25) is 5.02 Å². The maximum Gasteiger partial charge on any atom is 0.416 e. The van der Waals surface area contributed by atoms with E-state index in [1.165, 1.54) is 18.5 Å². The molecule has 0 fully saturated rings. The number of halogens is 4. The predicted octanol–water partition coefficient (Wildman–Crippen LogP) is 5.35. The summed E-state index contributed by atoms with van der Waals surface area (Å²) in [5.74, 6) is -0.125. The van der Waals surface area contributed by atoms with Gasteiger partial charge in [-0.05, 0) is 44.5 Å². The minimum absolute atomic E-state index is 0.0300. The number of hydrogen-bond acceptors (Lipinski definition) is 6. The van der Waals surface area contributed by atoms with Crippen molar-refractivity contribution in [1.82, 2.24) is 15.3 Å². The second kappa shape index (κ2) is 12.1. The van der Waals surface area contributed by atoms with E-state index in [-0.39, 0.29) is 23.1 Å². The van der Waals surface area contributed by atoms with Crippen LogP contribution in [0.5, 0.6) is 6.01 Å². The highest BCUT2D eigenvalue weighted by atomic mass is 35.5. The molecule has 2 aromatic rings. The Balaban J connectivity index is 0.000000512. The number of carbonyl (C=O) groups is 2. The lowest BCUT2D eigenvalue weighted by atomic mass is 10.1. The van der Waals surface area contributed by atoms with Crippen LogP contribution in [-0.4, -0.2) is 28.1 Å². The van der Waals surface area contributed by atoms with Crippen LogP contribution in [0.4, 0.5) is 18.0 Å². The lowest BCUT2D eigenvalue weighted by Gasteiger charge is -2.16. The van der Waals surface area contributed by atoms with Crippen molar-refractivity contribution in [3.05, 3.63) is 52.8 Å². The van der Waals surface area contributed by atoms with Crippen LogP contribution in [0.3, 0.4) is 0 Å². The Morgan fingerprint density at radius 3 is 2.23 bits per heavy atom. The molecule has 0 bridgehead atoms. The monoisotopic (exact) mass is 461 g/mol. The number of benzene rings is 1. The summed E-state index contributed by atoms with van der Waals surface area (Å²) in [5, 5.41) is 2.33. The Hall–Kier alpha value is -2.88. The van der Waals surface area contributed by atoms with Gasteiger partial charge in [0.25, 0.3) is 0 Å². The highest BCUT2D eigenvalue weighted by molar-refractivity contribution is 6.31. The van der Waals surface area contributed by atoms with Gasteiger partial charge in [-0.25, -0.2) is 14.8 Å². The third-order valence-electron chi connectivity index (χ3n) is 3.51. The van der Waals surface area contributed by atoms with Crippen LogP contribution in [0.25, 0.3) is 0 Å². The molecule has 7 nitrogen and oxygen atoms in total. The summed E-state index contributed by atoms with van der Waals surface area (Å²) >= 11 is 5.86. The van der Waals surface area contributed by atoms with E-state index in [0.29, 0.717) is 12.0 Å². The molecule has 1 unspecified atom stereocenters. The smallest absolute Gasteiger partial charge is 0.416 e. The highest BCUT2D eigenvalue weighted by Crippen LogP contribution is 2.33. The van der Waals surface area contributed by atoms with Gasteiger partial charge in [0.1, 0.15) is 0 Å². The zero-order valence-corrected chi connectivity index (χ0v) is 18.1. The van der Waals surface area contributed by atoms with Crippen LogP contribution >= 0.6 is 11.6 Å². The van der Waals surface area contributed by atoms with Crippen molar-refractivity contribution in [2.75, 3.05) is 0 Å². The third-order valence-corrected chi connectivity index (χ3v) is 3.84. The molecule has 1 atom stereocenters. The van der Waals surface area contributed by atoms with E-state index >= 15 is 0 Å². The topological polar surface area (TPSA) is 90.4 Å². The average molecular weight is 462 g/mol. The van der Waals surface area contributed by atoms with Gasteiger partial charge >= 0.3 is 24.2 Å². The summed E-state index contributed by atoms with van der Waals surface area (Å²) in [6.07, 6.45) is -2.04. The number of rotatable bonds is 5. The van der Waals surface area contributed by atoms with Gasteiger partial charge < -0.3 is 14.8 Å². The minimum Gasteiger partial charge on any atom is -0.463 e. The van der Waals surface area contributed by atoms with E-state index in [2.05, 4.69) is 15.3 Å². The van der Waals surface area contributed by atoms with Crippen molar-refractivity contribution in [3.8, 4) is 6.01 Å². The summed E-state index contributed by atoms with van der Waals surface area (Å²) < 4.78 is 47.4. The van der Waals surface area contributed by atoms with E-state index < -0.39 is 23.9 Å². The van der Waals surface area contributed by atoms with Gasteiger partial charge in [0.05, 0.1) is 17.7 Å². The molecule has 0 aliphatic carbocycles. The van der Waals surface area contributed by atoms with E-state index in [9.17, 15) is 22.8 Å². The van der Waals surface area contributed by atoms with E-state index in [1.54, 1.807) is 19.9 Å². The molecule has 11 heteroatoms. The number of esters is 1. The van der Waals surface area contributed by atoms with Crippen molar-refractivity contribution < 1.29 is 32.2 Å². The minimum atomic E-state index is -4.48. The maximum absolute atomic E-state index is 12.6. The normalized spacial score (nSPS) is 11.8. The Bertz CT molecular complexity index is 864. The van der Waals surface area contributed by atoms with Gasteiger partial charge in [0, 0.05) is 23.8 Å². The molecule has 1 aromatic heterocycles. The number of aromatic nitrogens is 2. The number of hydrogen-bond donors (Lipinski definition) is 1. The molecule has 0 radical (unpaired) electrons. The van der Waals surface area contributed by atoms with Gasteiger partial charge in [-0.2, -0.15) is 13.2 Å². The van der Waals surface area contributed by atoms with Gasteiger partial charge in [0.15, 0.2) is 0 Å². The number of alkyl halides is 3. The molecule has 0 aliphatic heterocycles. The fraction of sp³-hybridized carbons (Fsp3) is 0.400. The molecular formula is C20H23ClF3N3O4. The Kier molecular flexibility index (Phi) is 10.2. The summed E-state index contributed by atoms with van der Waals surface area (Å²) in [6, 6.07) is 3.65. The standard InChI is InChI=1S/C14H11ClF3N3O2.C6H12O2/c1-8(21-13(22)23-12-19-5-2-6-20-12)10-4-3-9(7-11(10)15)14(16,17)18;1-4-6(7)8-5(2)3/h2-8H,1H3,(H,21,22);5H,4H2,1-3H3. The molecule has 170 valence electrons. The lowest BCUT2D eigenvalue weighted by Crippen LogP contribution is -2.30. The van der Waals surface area contributed by atoms with Gasteiger partial charge in [0.2, 0.25) is 0 Å². The van der Waals surface area contributed by atoms with Crippen molar-refractivity contribution in [3.63, 3.8) is 0 Å². The zero-order valence-electron chi connectivity index (χ0n) is 17.4. The van der Waals surface area contributed by atoms with E-state index in [4.69, 9.17) is 21.1 Å². The second-order valence-electron chi connectivity index (χ2n) is 6.41. The zero-order chi connectivity index (χ0) is 23.6. The maximum atomic E-state index is 12.6. The first-order valence-electron chi connectivity index (χ1n) is 9.25. The van der Waals surface area contributed by atoms with Crippen molar-refractivity contribution in [1.29, 1.82) is 0 Å². The van der Waals surface area contributed by atoms with E-state index in [0.717, 1.165) is 12.1 Å². The highest BCUT2D eigenvalue weighted by Gasteiger charge is 2.31. The molecule has 0 aliphatic rings. The van der Waals surface area contributed by atoms with Crippen LogP contribution in [0, 0.1) is 0 Å². The molecule has 1 amide bonds. The molecule has 0 saturated carbocycles. The summed E-state index contributed by atoms with van der Waals surface area (Å²) in [6.45, 7) is 7.02. The first-order chi connectivity index (χ1) is 14.4. The Morgan fingerprint density at radius 1 is 1.16 bits per heavy atom. The lowest BCUT2D eigenvalue weighted by molar-refractivity contribution is -0.147. The van der Waals surface area contributed by atoms with Gasteiger partial charge in [-0.15, -0.1) is 0 Å². The Labute approximate surface area is 182 Å². The van der Waals surface area contributed by atoms with Crippen molar-refractivity contribution >= 4 is 23.7 Å². The summed E-state index contributed by atoms with van der Waals surface area (Å²) in [4.78, 5) is 29.5. The Morgan fingerprint density at radius 2 is 1.77 bits per heavy atom. The quantitative estimate of drug-likeness (QED) is 0.604. The van der Waals surface area contributed by atoms with Crippen LogP contribution in [-0.2, 0) is 15.7 Å². The predicted molar refractivity (Wildman–Crippen MR) is 108 cm³/mol. The SMILES string of the molecule is CC(NC(=O)Oc1ncccn1)c1ccc(C(F)(F)F)cc1Cl.CCC(=O)OC(C)C. The summed E-state index contributed by atoms with van der Waals surface area (Å²) in [5.41, 5.74) is -0.538. The van der Waals surface area contributed by atoms with Crippen LogP contribution in [0.15, 0.2) is 36.7 Å². The first kappa shape index (κ1) is 26.2. The number of carbonyl (C=O) groups excluding carboxylic acids is 2. The number of nitrogens with one attached hydrogen (secondary N) is 1. The molecule has 1 aromatic carbocycles. The fourth-order valence-corrected chi connectivity index (χ4v) is 2.45. The van der Waals surface area contributed by atoms with E-state index in [1.807, 2.05) is 13.8 Å². The molecule has 0 spiro atoms. The second-order valence-corrected chi connectivity index (χ2v) is 6.82. The largest absolute Gasteiger partial charge is 0.463 e. The van der Waals surface area contributed by atoms with Gasteiger partial charge in [-0.3, -0.25) is 4.79 Å². The molecular weight excluding hydrogens is 439 g/mol. The fourth-order valence-electron chi connectivity index (χ4n) is 2.11. The van der Waals surface area contributed by atoms with Crippen molar-refractivity contribution in [2.24, 2.45) is 0 Å². The summed E-state index contributed by atoms with van der Waals surface area (Å²) in [7, 11) is 0. The van der Waals surface area contributed by atoms with Crippen molar-refractivity contribution in [2.45, 2.75) is 52.4 Å². The average Bonchev–Trinajstić information content (AvgIpc) is 2.67. The molecule has 1 N–H and O–H groups in total. The van der Waals surface area contributed by atoms with Crippen LogP contribution in [0.1, 0.15) is 51.3 Å². The van der Waals surface area contributed by atoms with Crippen LogP contribution < -0.4 is 10.1 Å². The number of ether oxygens (including phenoxy) is 2. The van der Waals surface area contributed by atoms with Gasteiger partial charge in [-0.1, -0.05) is 24.6 Å². The molecule has 1 heterocycles. The number of amides is 1. The molecule has 0 saturated heterocycles. The number of nitrogens with zero attached hydrogens (tertiary/aromatic N) is 2. The molecule has 2 rings (SSSR count). The molecule has 31 heavy (non-hydrogen) atoms. The third kappa shape index (κ3) is 9.65. The first-order valence-corrected chi connectivity index (χ1v) is 9.63.